The van der Waals surface area contributed by atoms with E-state index in [1.54, 1.807) is 0 Å². The molecule has 0 saturated heterocycles. The van der Waals surface area contributed by atoms with Crippen molar-refractivity contribution in [2.45, 2.75) is 64.5 Å². The second-order valence-corrected chi connectivity index (χ2v) is 5.59. The number of rotatable bonds is 10. The van der Waals surface area contributed by atoms with Crippen molar-refractivity contribution in [2.24, 2.45) is 5.73 Å². The van der Waals surface area contributed by atoms with E-state index in [1.165, 1.54) is 12.8 Å². The molecular weight excluding hydrogens is 226 g/mol. The summed E-state index contributed by atoms with van der Waals surface area (Å²) in [7, 11) is 0. The normalized spacial score (nSPS) is 18.9. The van der Waals surface area contributed by atoms with Crippen LogP contribution in [0.2, 0.25) is 0 Å². The van der Waals surface area contributed by atoms with Crippen LogP contribution < -0.4 is 11.1 Å². The van der Waals surface area contributed by atoms with Gasteiger partial charge < -0.3 is 16.0 Å². The number of hydrogen-bond donors (Lipinski definition) is 2. The molecular formula is C14H29N3O. The van der Waals surface area contributed by atoms with Gasteiger partial charge in [-0.2, -0.15) is 0 Å². The summed E-state index contributed by atoms with van der Waals surface area (Å²) in [6.07, 6.45) is 5.56. The lowest BCUT2D eigenvalue weighted by atomic mass is 9.94. The molecule has 4 nitrogen and oxygen atoms in total. The number of amides is 1. The summed E-state index contributed by atoms with van der Waals surface area (Å²) >= 11 is 0. The van der Waals surface area contributed by atoms with Crippen molar-refractivity contribution in [3.63, 3.8) is 0 Å². The highest BCUT2D eigenvalue weighted by Crippen LogP contribution is 2.27. The van der Waals surface area contributed by atoms with E-state index in [9.17, 15) is 4.79 Å². The van der Waals surface area contributed by atoms with Crippen LogP contribution in [0.15, 0.2) is 0 Å². The van der Waals surface area contributed by atoms with Crippen LogP contribution >= 0.6 is 0 Å². The SMILES string of the molecule is CCCNC(C)(CCCN(CC)C1CC1)C(N)=O. The number of carbonyl (C=O) groups excluding carboxylic acids is 1. The summed E-state index contributed by atoms with van der Waals surface area (Å²) in [5.74, 6) is -0.231. The zero-order chi connectivity index (χ0) is 13.6. The Morgan fingerprint density at radius 2 is 2.11 bits per heavy atom. The van der Waals surface area contributed by atoms with Gasteiger partial charge in [0.15, 0.2) is 0 Å². The Morgan fingerprint density at radius 3 is 2.56 bits per heavy atom. The van der Waals surface area contributed by atoms with Crippen LogP contribution in [-0.2, 0) is 4.79 Å². The maximum Gasteiger partial charge on any atom is 0.237 e. The first-order valence-corrected chi connectivity index (χ1v) is 7.32. The van der Waals surface area contributed by atoms with Gasteiger partial charge in [-0.25, -0.2) is 0 Å². The van der Waals surface area contributed by atoms with Crippen molar-refractivity contribution in [2.75, 3.05) is 19.6 Å². The summed E-state index contributed by atoms with van der Waals surface area (Å²) in [6, 6.07) is 0.804. The standard InChI is InChI=1S/C14H29N3O/c1-4-10-16-14(3,13(15)18)9-6-11-17(5-2)12-7-8-12/h12,16H,4-11H2,1-3H3,(H2,15,18). The van der Waals surface area contributed by atoms with Crippen molar-refractivity contribution >= 4 is 5.91 Å². The first-order chi connectivity index (χ1) is 8.53. The highest BCUT2D eigenvalue weighted by Gasteiger charge is 2.31. The average molecular weight is 255 g/mol. The van der Waals surface area contributed by atoms with Crippen LogP contribution in [0.1, 0.15) is 52.9 Å². The number of carbonyl (C=O) groups is 1. The first-order valence-electron chi connectivity index (χ1n) is 7.32. The summed E-state index contributed by atoms with van der Waals surface area (Å²) < 4.78 is 0. The molecule has 1 atom stereocenters. The molecule has 0 bridgehead atoms. The molecule has 4 heteroatoms. The molecule has 0 spiro atoms. The minimum absolute atomic E-state index is 0.231. The van der Waals surface area contributed by atoms with E-state index in [-0.39, 0.29) is 5.91 Å². The van der Waals surface area contributed by atoms with E-state index in [1.807, 2.05) is 6.92 Å². The summed E-state index contributed by atoms with van der Waals surface area (Å²) in [5.41, 5.74) is 4.98. The minimum atomic E-state index is -0.543. The minimum Gasteiger partial charge on any atom is -0.368 e. The summed E-state index contributed by atoms with van der Waals surface area (Å²) in [4.78, 5) is 14.1. The molecule has 0 radical (unpaired) electrons. The number of nitrogens with one attached hydrogen (secondary N) is 1. The quantitative estimate of drug-likeness (QED) is 0.622. The lowest BCUT2D eigenvalue weighted by molar-refractivity contribution is -0.124. The molecule has 106 valence electrons. The zero-order valence-electron chi connectivity index (χ0n) is 12.2. The second kappa shape index (κ2) is 7.10. The molecule has 0 aliphatic heterocycles. The molecule has 18 heavy (non-hydrogen) atoms. The fourth-order valence-corrected chi connectivity index (χ4v) is 2.37. The fourth-order valence-electron chi connectivity index (χ4n) is 2.37. The second-order valence-electron chi connectivity index (χ2n) is 5.59. The van der Waals surface area contributed by atoms with Crippen LogP contribution in [0.3, 0.4) is 0 Å². The number of nitrogens with two attached hydrogens (primary N) is 1. The average Bonchev–Trinajstić information content (AvgIpc) is 3.16. The third-order valence-electron chi connectivity index (χ3n) is 3.90. The molecule has 0 aromatic heterocycles. The van der Waals surface area contributed by atoms with Crippen molar-refractivity contribution in [3.8, 4) is 0 Å². The van der Waals surface area contributed by atoms with E-state index in [2.05, 4.69) is 24.1 Å². The molecule has 0 aromatic rings. The van der Waals surface area contributed by atoms with Gasteiger partial charge in [-0.05, 0) is 58.7 Å². The Bertz CT molecular complexity index is 266. The van der Waals surface area contributed by atoms with Gasteiger partial charge in [0, 0.05) is 6.04 Å². The lowest BCUT2D eigenvalue weighted by Crippen LogP contribution is -2.53. The number of primary amides is 1. The van der Waals surface area contributed by atoms with E-state index in [0.717, 1.165) is 44.9 Å². The van der Waals surface area contributed by atoms with Gasteiger partial charge in [-0.1, -0.05) is 13.8 Å². The summed E-state index contributed by atoms with van der Waals surface area (Å²) in [6.45, 7) is 9.28. The van der Waals surface area contributed by atoms with Gasteiger partial charge in [0.1, 0.15) is 0 Å². The highest BCUT2D eigenvalue weighted by atomic mass is 16.1. The Hall–Kier alpha value is -0.610. The van der Waals surface area contributed by atoms with Crippen LogP contribution in [0.4, 0.5) is 0 Å². The molecule has 1 fully saturated rings. The first kappa shape index (κ1) is 15.4. The van der Waals surface area contributed by atoms with Gasteiger partial charge >= 0.3 is 0 Å². The Kier molecular flexibility index (Phi) is 6.09. The maximum atomic E-state index is 11.6. The van der Waals surface area contributed by atoms with Gasteiger partial charge in [0.25, 0.3) is 0 Å². The van der Waals surface area contributed by atoms with E-state index in [4.69, 9.17) is 5.73 Å². The molecule has 0 heterocycles. The topological polar surface area (TPSA) is 58.4 Å². The van der Waals surface area contributed by atoms with Crippen LogP contribution in [0.25, 0.3) is 0 Å². The van der Waals surface area contributed by atoms with Gasteiger partial charge in [0.05, 0.1) is 5.54 Å². The lowest BCUT2D eigenvalue weighted by Gasteiger charge is -2.29. The monoisotopic (exact) mass is 255 g/mol. The maximum absolute atomic E-state index is 11.6. The van der Waals surface area contributed by atoms with Crippen LogP contribution in [-0.4, -0.2) is 42.0 Å². The summed E-state index contributed by atoms with van der Waals surface area (Å²) in [5, 5.41) is 3.29. The number of nitrogens with zero attached hydrogens (tertiary/aromatic N) is 1. The molecule has 1 aliphatic rings. The van der Waals surface area contributed by atoms with Gasteiger partial charge in [-0.15, -0.1) is 0 Å². The third kappa shape index (κ3) is 4.58. The fraction of sp³-hybridized carbons (Fsp3) is 0.929. The van der Waals surface area contributed by atoms with Crippen molar-refractivity contribution in [3.05, 3.63) is 0 Å². The molecule has 1 unspecified atom stereocenters. The van der Waals surface area contributed by atoms with Crippen molar-refractivity contribution in [1.82, 2.24) is 10.2 Å². The molecule has 1 amide bonds. The predicted octanol–water partition coefficient (Wildman–Crippen LogP) is 1.49. The zero-order valence-corrected chi connectivity index (χ0v) is 12.2. The largest absolute Gasteiger partial charge is 0.368 e. The van der Waals surface area contributed by atoms with Gasteiger partial charge in [0.2, 0.25) is 5.91 Å². The predicted molar refractivity (Wildman–Crippen MR) is 75.4 cm³/mol. The van der Waals surface area contributed by atoms with E-state index < -0.39 is 5.54 Å². The van der Waals surface area contributed by atoms with Crippen LogP contribution in [0.5, 0.6) is 0 Å². The molecule has 1 aliphatic carbocycles. The van der Waals surface area contributed by atoms with Crippen molar-refractivity contribution in [1.29, 1.82) is 0 Å². The Balaban J connectivity index is 2.34. The Labute approximate surface area is 111 Å². The Morgan fingerprint density at radius 1 is 1.44 bits per heavy atom. The molecule has 0 aromatic carbocycles. The molecule has 1 saturated carbocycles. The van der Waals surface area contributed by atoms with Gasteiger partial charge in [-0.3, -0.25) is 4.79 Å². The third-order valence-corrected chi connectivity index (χ3v) is 3.90. The van der Waals surface area contributed by atoms with Crippen molar-refractivity contribution < 1.29 is 4.79 Å². The molecule has 1 rings (SSSR count). The molecule has 3 N–H and O–H groups in total. The smallest absolute Gasteiger partial charge is 0.237 e. The van der Waals surface area contributed by atoms with E-state index >= 15 is 0 Å². The highest BCUT2D eigenvalue weighted by molar-refractivity contribution is 5.84. The van der Waals surface area contributed by atoms with E-state index in [0.29, 0.717) is 0 Å². The number of hydrogen-bond acceptors (Lipinski definition) is 3. The van der Waals surface area contributed by atoms with Crippen LogP contribution in [0, 0.1) is 0 Å².